The number of benzene rings is 2. The van der Waals surface area contributed by atoms with Gasteiger partial charge in [0.1, 0.15) is 11.6 Å². The molecular weight excluding hydrogens is 363 g/mol. The molecule has 1 heterocycles. The first-order chi connectivity index (χ1) is 12.9. The highest BCUT2D eigenvalue weighted by Gasteiger charge is 2.16. The molecule has 0 saturated heterocycles. The van der Waals surface area contributed by atoms with Crippen LogP contribution in [0.25, 0.3) is 0 Å². The van der Waals surface area contributed by atoms with Crippen LogP contribution in [0.1, 0.15) is 40.3 Å². The standard InChI is InChI=1S/C21H21FN2O2S/c1-13(2)26-18-7-5-4-6-17(18)20(25)24-21-23-14(3)19(27-21)12-15-8-10-16(22)11-9-15/h4-11,13H,12H2,1-3H3,(H,23,24,25). The predicted molar refractivity (Wildman–Crippen MR) is 106 cm³/mol. The number of carbonyl (C=O) groups is 1. The molecule has 27 heavy (non-hydrogen) atoms. The first-order valence-corrected chi connectivity index (χ1v) is 9.52. The second kappa shape index (κ2) is 8.31. The van der Waals surface area contributed by atoms with E-state index in [0.29, 0.717) is 22.9 Å². The molecule has 0 atom stereocenters. The van der Waals surface area contributed by atoms with Gasteiger partial charge in [-0.05, 0) is 50.6 Å². The molecule has 1 aromatic heterocycles. The lowest BCUT2D eigenvalue weighted by atomic mass is 10.1. The number of para-hydroxylation sites is 1. The third-order valence-electron chi connectivity index (χ3n) is 3.89. The lowest BCUT2D eigenvalue weighted by molar-refractivity contribution is 0.102. The first kappa shape index (κ1) is 19.0. The van der Waals surface area contributed by atoms with Gasteiger partial charge in [-0.2, -0.15) is 0 Å². The highest BCUT2D eigenvalue weighted by molar-refractivity contribution is 7.15. The SMILES string of the molecule is Cc1nc(NC(=O)c2ccccc2OC(C)C)sc1Cc1ccc(F)cc1. The van der Waals surface area contributed by atoms with Gasteiger partial charge in [0.2, 0.25) is 0 Å². The zero-order valence-corrected chi connectivity index (χ0v) is 16.3. The number of aromatic nitrogens is 1. The first-order valence-electron chi connectivity index (χ1n) is 8.70. The summed E-state index contributed by atoms with van der Waals surface area (Å²) in [5.41, 5.74) is 2.32. The topological polar surface area (TPSA) is 51.2 Å². The Morgan fingerprint density at radius 1 is 1.19 bits per heavy atom. The minimum Gasteiger partial charge on any atom is -0.490 e. The normalized spacial score (nSPS) is 10.9. The van der Waals surface area contributed by atoms with Crippen molar-refractivity contribution < 1.29 is 13.9 Å². The highest BCUT2D eigenvalue weighted by Crippen LogP contribution is 2.27. The highest BCUT2D eigenvalue weighted by atomic mass is 32.1. The van der Waals surface area contributed by atoms with Crippen LogP contribution in [0, 0.1) is 12.7 Å². The van der Waals surface area contributed by atoms with Crippen molar-refractivity contribution >= 4 is 22.4 Å². The minimum atomic E-state index is -0.256. The summed E-state index contributed by atoms with van der Waals surface area (Å²) in [6.45, 7) is 5.74. The van der Waals surface area contributed by atoms with E-state index in [-0.39, 0.29) is 17.8 Å². The zero-order chi connectivity index (χ0) is 19.4. The fourth-order valence-corrected chi connectivity index (χ4v) is 3.60. The molecule has 0 spiro atoms. The molecule has 4 nitrogen and oxygen atoms in total. The van der Waals surface area contributed by atoms with Crippen molar-refractivity contribution in [2.24, 2.45) is 0 Å². The Labute approximate surface area is 162 Å². The van der Waals surface area contributed by atoms with Crippen molar-refractivity contribution in [1.82, 2.24) is 4.98 Å². The molecule has 2 aromatic carbocycles. The fourth-order valence-electron chi connectivity index (χ4n) is 2.61. The lowest BCUT2D eigenvalue weighted by Crippen LogP contribution is -2.15. The van der Waals surface area contributed by atoms with Crippen LogP contribution in [0.4, 0.5) is 9.52 Å². The Hall–Kier alpha value is -2.73. The van der Waals surface area contributed by atoms with Crippen molar-refractivity contribution in [2.75, 3.05) is 5.32 Å². The second-order valence-corrected chi connectivity index (χ2v) is 7.53. The number of anilines is 1. The minimum absolute atomic E-state index is 0.0247. The summed E-state index contributed by atoms with van der Waals surface area (Å²) in [6.07, 6.45) is 0.621. The summed E-state index contributed by atoms with van der Waals surface area (Å²) in [7, 11) is 0. The van der Waals surface area contributed by atoms with Crippen LogP contribution in [0.2, 0.25) is 0 Å². The molecular formula is C21H21FN2O2S. The van der Waals surface area contributed by atoms with E-state index < -0.39 is 0 Å². The van der Waals surface area contributed by atoms with Gasteiger partial charge in [0.25, 0.3) is 5.91 Å². The van der Waals surface area contributed by atoms with Gasteiger partial charge in [-0.25, -0.2) is 9.37 Å². The van der Waals surface area contributed by atoms with Crippen molar-refractivity contribution in [3.05, 3.63) is 76.0 Å². The van der Waals surface area contributed by atoms with Crippen LogP contribution >= 0.6 is 11.3 Å². The van der Waals surface area contributed by atoms with Crippen LogP contribution in [0.15, 0.2) is 48.5 Å². The Bertz CT molecular complexity index is 936. The number of thiazole rings is 1. The molecule has 0 aliphatic rings. The number of halogens is 1. The molecule has 140 valence electrons. The quantitative estimate of drug-likeness (QED) is 0.634. The van der Waals surface area contributed by atoms with Gasteiger partial charge in [0.15, 0.2) is 5.13 Å². The van der Waals surface area contributed by atoms with Crippen LogP contribution in [0.3, 0.4) is 0 Å². The van der Waals surface area contributed by atoms with Crippen LogP contribution in [-0.4, -0.2) is 17.0 Å². The fraction of sp³-hybridized carbons (Fsp3) is 0.238. The van der Waals surface area contributed by atoms with Crippen molar-refractivity contribution in [3.8, 4) is 5.75 Å². The molecule has 1 N–H and O–H groups in total. The van der Waals surface area contributed by atoms with Crippen molar-refractivity contribution in [2.45, 2.75) is 33.3 Å². The molecule has 1 amide bonds. The van der Waals surface area contributed by atoms with E-state index in [9.17, 15) is 9.18 Å². The summed E-state index contributed by atoms with van der Waals surface area (Å²) in [6, 6.07) is 13.5. The van der Waals surface area contributed by atoms with E-state index in [1.807, 2.05) is 26.8 Å². The molecule has 0 aliphatic carbocycles. The molecule has 3 rings (SSSR count). The van der Waals surface area contributed by atoms with E-state index >= 15 is 0 Å². The van der Waals surface area contributed by atoms with Crippen molar-refractivity contribution in [3.63, 3.8) is 0 Å². The molecule has 0 unspecified atom stereocenters. The number of nitrogens with one attached hydrogen (secondary N) is 1. The zero-order valence-electron chi connectivity index (χ0n) is 15.5. The largest absolute Gasteiger partial charge is 0.490 e. The third-order valence-corrected chi connectivity index (χ3v) is 4.96. The number of aryl methyl sites for hydroxylation is 1. The number of hydrogen-bond acceptors (Lipinski definition) is 4. The maximum Gasteiger partial charge on any atom is 0.261 e. The number of carbonyl (C=O) groups excluding carboxylic acids is 1. The molecule has 0 fully saturated rings. The van der Waals surface area contributed by atoms with E-state index in [1.54, 1.807) is 30.3 Å². The number of hydrogen-bond donors (Lipinski definition) is 1. The van der Waals surface area contributed by atoms with E-state index in [0.717, 1.165) is 16.1 Å². The molecule has 0 radical (unpaired) electrons. The van der Waals surface area contributed by atoms with E-state index in [4.69, 9.17) is 4.74 Å². The monoisotopic (exact) mass is 384 g/mol. The molecule has 3 aromatic rings. The second-order valence-electron chi connectivity index (χ2n) is 6.45. The maximum absolute atomic E-state index is 13.1. The molecule has 0 saturated carbocycles. The summed E-state index contributed by atoms with van der Waals surface area (Å²) in [5, 5.41) is 3.39. The van der Waals surface area contributed by atoms with Gasteiger partial charge in [-0.3, -0.25) is 10.1 Å². The Balaban J connectivity index is 1.75. The lowest BCUT2D eigenvalue weighted by Gasteiger charge is -2.13. The number of amides is 1. The van der Waals surface area contributed by atoms with Gasteiger partial charge < -0.3 is 4.74 Å². The summed E-state index contributed by atoms with van der Waals surface area (Å²) in [4.78, 5) is 18.1. The Morgan fingerprint density at radius 2 is 1.89 bits per heavy atom. The van der Waals surface area contributed by atoms with E-state index in [1.165, 1.54) is 23.5 Å². The Kier molecular flexibility index (Phi) is 5.86. The summed E-state index contributed by atoms with van der Waals surface area (Å²) < 4.78 is 18.8. The van der Waals surface area contributed by atoms with Gasteiger partial charge in [-0.1, -0.05) is 24.3 Å². The smallest absolute Gasteiger partial charge is 0.261 e. The number of rotatable bonds is 6. The van der Waals surface area contributed by atoms with Gasteiger partial charge >= 0.3 is 0 Å². The average molecular weight is 384 g/mol. The van der Waals surface area contributed by atoms with Crippen LogP contribution < -0.4 is 10.1 Å². The predicted octanol–water partition coefficient (Wildman–Crippen LogP) is 5.22. The van der Waals surface area contributed by atoms with Gasteiger partial charge in [0.05, 0.1) is 17.4 Å². The van der Waals surface area contributed by atoms with Gasteiger partial charge in [0, 0.05) is 11.3 Å². The van der Waals surface area contributed by atoms with Gasteiger partial charge in [-0.15, -0.1) is 11.3 Å². The van der Waals surface area contributed by atoms with Crippen LogP contribution in [-0.2, 0) is 6.42 Å². The average Bonchev–Trinajstić information content (AvgIpc) is 2.96. The Morgan fingerprint density at radius 3 is 2.59 bits per heavy atom. The number of nitrogens with zero attached hydrogens (tertiary/aromatic N) is 1. The molecule has 0 aliphatic heterocycles. The number of ether oxygens (including phenoxy) is 1. The van der Waals surface area contributed by atoms with Crippen molar-refractivity contribution in [1.29, 1.82) is 0 Å². The summed E-state index contributed by atoms with van der Waals surface area (Å²) in [5.74, 6) is 0.0353. The maximum atomic E-state index is 13.1. The molecule has 6 heteroatoms. The molecule has 0 bridgehead atoms. The van der Waals surface area contributed by atoms with Crippen LogP contribution in [0.5, 0.6) is 5.75 Å². The van der Waals surface area contributed by atoms with E-state index in [2.05, 4.69) is 10.3 Å². The third kappa shape index (κ3) is 4.92. The summed E-state index contributed by atoms with van der Waals surface area (Å²) >= 11 is 1.42.